The van der Waals surface area contributed by atoms with E-state index in [0.717, 1.165) is 10.8 Å². The van der Waals surface area contributed by atoms with E-state index in [1.807, 2.05) is 6.07 Å². The van der Waals surface area contributed by atoms with Crippen molar-refractivity contribution in [2.75, 3.05) is 28.4 Å². The van der Waals surface area contributed by atoms with Gasteiger partial charge in [-0.3, -0.25) is 0 Å². The molecule has 0 amide bonds. The first kappa shape index (κ1) is 14.0. The number of hydrogen-bond donors (Lipinski definition) is 1. The highest BCUT2D eigenvalue weighted by Crippen LogP contribution is 2.45. The number of hydrogen-bond acceptors (Lipinski definition) is 5. The Labute approximate surface area is 117 Å². The first-order chi connectivity index (χ1) is 9.71. The van der Waals surface area contributed by atoms with E-state index in [1.54, 1.807) is 40.6 Å². The summed E-state index contributed by atoms with van der Waals surface area (Å²) in [6.45, 7) is 0. The van der Waals surface area contributed by atoms with E-state index >= 15 is 0 Å². The van der Waals surface area contributed by atoms with Crippen molar-refractivity contribution >= 4 is 17.0 Å². The summed E-state index contributed by atoms with van der Waals surface area (Å²) in [4.78, 5) is 0. The Kier molecular flexibility index (Phi) is 3.98. The van der Waals surface area contributed by atoms with Gasteiger partial charge in [-0.05, 0) is 18.2 Å². The summed E-state index contributed by atoms with van der Waals surface area (Å²) in [5.74, 6) is 2.47. The summed E-state index contributed by atoms with van der Waals surface area (Å²) in [5, 5.41) is 9.02. The van der Waals surface area contributed by atoms with Crippen LogP contribution in [0.5, 0.6) is 23.0 Å². The molecule has 5 heteroatoms. The summed E-state index contributed by atoms with van der Waals surface area (Å²) >= 11 is 0. The highest BCUT2D eigenvalue weighted by molar-refractivity contribution is 6.06. The van der Waals surface area contributed by atoms with Gasteiger partial charge >= 0.3 is 0 Å². The molecule has 0 heterocycles. The van der Waals surface area contributed by atoms with Crippen LogP contribution in [0, 0.1) is 5.41 Å². The standard InChI is InChI=1S/C15H17NO4/c1-17-10-5-6-11(18-2)14-13(10)12(19-3)7-9(8-16)15(14)20-4/h5-8,16H,1-4H3. The molecule has 2 aromatic rings. The maximum absolute atomic E-state index is 7.53. The van der Waals surface area contributed by atoms with Crippen molar-refractivity contribution in [3.8, 4) is 23.0 Å². The molecule has 0 unspecified atom stereocenters. The van der Waals surface area contributed by atoms with Crippen molar-refractivity contribution < 1.29 is 18.9 Å². The summed E-state index contributed by atoms with van der Waals surface area (Å²) < 4.78 is 21.7. The summed E-state index contributed by atoms with van der Waals surface area (Å²) in [6.07, 6.45) is 1.22. The van der Waals surface area contributed by atoms with Crippen molar-refractivity contribution in [2.24, 2.45) is 0 Å². The van der Waals surface area contributed by atoms with Crippen LogP contribution in [0.15, 0.2) is 18.2 Å². The second kappa shape index (κ2) is 5.69. The second-order valence-electron chi connectivity index (χ2n) is 4.07. The van der Waals surface area contributed by atoms with E-state index < -0.39 is 0 Å². The van der Waals surface area contributed by atoms with E-state index in [9.17, 15) is 0 Å². The van der Waals surface area contributed by atoms with Crippen LogP contribution >= 0.6 is 0 Å². The molecule has 0 aliphatic carbocycles. The van der Waals surface area contributed by atoms with Crippen LogP contribution in [0.4, 0.5) is 0 Å². The highest BCUT2D eigenvalue weighted by atomic mass is 16.5. The van der Waals surface area contributed by atoms with Gasteiger partial charge in [-0.25, -0.2) is 0 Å². The lowest BCUT2D eigenvalue weighted by molar-refractivity contribution is 0.392. The molecular weight excluding hydrogens is 258 g/mol. The second-order valence-corrected chi connectivity index (χ2v) is 4.07. The summed E-state index contributed by atoms with van der Waals surface area (Å²) in [6, 6.07) is 5.36. The first-order valence-corrected chi connectivity index (χ1v) is 6.01. The lowest BCUT2D eigenvalue weighted by atomic mass is 10.0. The van der Waals surface area contributed by atoms with Crippen LogP contribution in [-0.2, 0) is 0 Å². The fourth-order valence-electron chi connectivity index (χ4n) is 2.29. The molecule has 1 N–H and O–H groups in total. The molecule has 0 aliphatic heterocycles. The lowest BCUT2D eigenvalue weighted by Gasteiger charge is -2.17. The molecule has 0 atom stereocenters. The molecule has 2 rings (SSSR count). The van der Waals surface area contributed by atoms with Gasteiger partial charge in [-0.2, -0.15) is 0 Å². The van der Waals surface area contributed by atoms with Crippen LogP contribution in [0.3, 0.4) is 0 Å². The summed E-state index contributed by atoms with van der Waals surface area (Å²) in [5.41, 5.74) is 0.614. The minimum absolute atomic E-state index is 0.562. The Morgan fingerprint density at radius 3 is 1.80 bits per heavy atom. The third kappa shape index (κ3) is 2.01. The zero-order valence-corrected chi connectivity index (χ0v) is 11.9. The van der Waals surface area contributed by atoms with E-state index in [-0.39, 0.29) is 0 Å². The van der Waals surface area contributed by atoms with Gasteiger partial charge in [0, 0.05) is 11.8 Å². The molecule has 0 saturated heterocycles. The molecule has 2 aromatic carbocycles. The number of nitrogens with one attached hydrogen (secondary N) is 1. The smallest absolute Gasteiger partial charge is 0.139 e. The van der Waals surface area contributed by atoms with Gasteiger partial charge in [0.05, 0.1) is 39.2 Å². The lowest BCUT2D eigenvalue weighted by Crippen LogP contribution is -1.99. The Balaban J connectivity index is 3.03. The average Bonchev–Trinajstić information content (AvgIpc) is 2.51. The monoisotopic (exact) mass is 275 g/mol. The molecule has 0 spiro atoms. The van der Waals surface area contributed by atoms with Crippen molar-refractivity contribution in [2.45, 2.75) is 0 Å². The maximum atomic E-state index is 7.53. The number of methoxy groups -OCH3 is 4. The molecule has 0 fully saturated rings. The van der Waals surface area contributed by atoms with Crippen LogP contribution in [0.1, 0.15) is 5.56 Å². The Morgan fingerprint density at radius 1 is 0.800 bits per heavy atom. The van der Waals surface area contributed by atoms with E-state index in [2.05, 4.69) is 0 Å². The third-order valence-corrected chi connectivity index (χ3v) is 3.17. The van der Waals surface area contributed by atoms with Gasteiger partial charge < -0.3 is 24.4 Å². The minimum Gasteiger partial charge on any atom is -0.496 e. The van der Waals surface area contributed by atoms with E-state index in [4.69, 9.17) is 24.4 Å². The molecule has 20 heavy (non-hydrogen) atoms. The van der Waals surface area contributed by atoms with Gasteiger partial charge in [0.25, 0.3) is 0 Å². The van der Waals surface area contributed by atoms with Crippen molar-refractivity contribution in [3.05, 3.63) is 23.8 Å². The van der Waals surface area contributed by atoms with Gasteiger partial charge in [0.15, 0.2) is 0 Å². The number of ether oxygens (including phenoxy) is 4. The predicted molar refractivity (Wildman–Crippen MR) is 78.0 cm³/mol. The number of benzene rings is 2. The average molecular weight is 275 g/mol. The van der Waals surface area contributed by atoms with E-state index in [1.165, 1.54) is 6.21 Å². The Bertz CT molecular complexity index is 652. The van der Waals surface area contributed by atoms with E-state index in [0.29, 0.717) is 28.6 Å². The molecular formula is C15H17NO4. The third-order valence-electron chi connectivity index (χ3n) is 3.17. The highest BCUT2D eigenvalue weighted by Gasteiger charge is 2.19. The van der Waals surface area contributed by atoms with Crippen molar-refractivity contribution in [1.82, 2.24) is 0 Å². The molecule has 5 nitrogen and oxygen atoms in total. The summed E-state index contributed by atoms with van der Waals surface area (Å²) in [7, 11) is 6.32. The molecule has 106 valence electrons. The van der Waals surface area contributed by atoms with Gasteiger partial charge in [-0.1, -0.05) is 0 Å². The van der Waals surface area contributed by atoms with Gasteiger partial charge in [0.2, 0.25) is 0 Å². The molecule has 0 bridgehead atoms. The van der Waals surface area contributed by atoms with Gasteiger partial charge in [-0.15, -0.1) is 0 Å². The zero-order chi connectivity index (χ0) is 14.7. The quantitative estimate of drug-likeness (QED) is 0.852. The van der Waals surface area contributed by atoms with Crippen LogP contribution < -0.4 is 18.9 Å². The van der Waals surface area contributed by atoms with Gasteiger partial charge in [0.1, 0.15) is 23.0 Å². The Hall–Kier alpha value is -2.43. The number of fused-ring (bicyclic) bond motifs is 1. The topological polar surface area (TPSA) is 60.8 Å². The minimum atomic E-state index is 0.562. The van der Waals surface area contributed by atoms with Crippen molar-refractivity contribution in [1.29, 1.82) is 5.41 Å². The van der Waals surface area contributed by atoms with Crippen molar-refractivity contribution in [3.63, 3.8) is 0 Å². The largest absolute Gasteiger partial charge is 0.496 e. The predicted octanol–water partition coefficient (Wildman–Crippen LogP) is 2.87. The number of rotatable bonds is 5. The SMILES string of the molecule is COc1ccc(OC)c2c(OC)c(C=N)cc(OC)c12. The molecule has 0 aliphatic rings. The molecule has 0 radical (unpaired) electrons. The molecule has 0 saturated carbocycles. The first-order valence-electron chi connectivity index (χ1n) is 6.01. The maximum Gasteiger partial charge on any atom is 0.139 e. The Morgan fingerprint density at radius 2 is 1.35 bits per heavy atom. The molecule has 0 aromatic heterocycles. The van der Waals surface area contributed by atoms with Crippen LogP contribution in [0.25, 0.3) is 10.8 Å². The fourth-order valence-corrected chi connectivity index (χ4v) is 2.29. The normalized spacial score (nSPS) is 10.2. The van der Waals surface area contributed by atoms with Crippen LogP contribution in [0.2, 0.25) is 0 Å². The zero-order valence-electron chi connectivity index (χ0n) is 11.9. The van der Waals surface area contributed by atoms with Crippen LogP contribution in [-0.4, -0.2) is 34.7 Å². The fraction of sp³-hybridized carbons (Fsp3) is 0.267.